The smallest absolute Gasteiger partial charge is 0.334 e. The quantitative estimate of drug-likeness (QED) is 0.567. The summed E-state index contributed by atoms with van der Waals surface area (Å²) in [6.45, 7) is 2.35. The van der Waals surface area contributed by atoms with E-state index in [1.165, 1.54) is 0 Å². The van der Waals surface area contributed by atoms with E-state index in [1.807, 2.05) is 24.3 Å². The third-order valence-electron chi connectivity index (χ3n) is 3.88. The maximum Gasteiger partial charge on any atom is 0.334 e. The molecule has 0 aromatic heterocycles. The van der Waals surface area contributed by atoms with E-state index in [-0.39, 0.29) is 12.5 Å². The molecule has 5 heteroatoms. The first-order valence-corrected chi connectivity index (χ1v) is 8.07. The molecule has 0 saturated carbocycles. The fraction of sp³-hybridized carbons (Fsp3) is 0.444. The predicted molar refractivity (Wildman–Crippen MR) is 89.2 cm³/mol. The summed E-state index contributed by atoms with van der Waals surface area (Å²) in [7, 11) is 0. The number of carboxylic acid groups (broad SMARTS) is 1. The minimum Gasteiger partial charge on any atom is -0.480 e. The number of esters is 1. The highest BCUT2D eigenvalue weighted by molar-refractivity contribution is 6.00. The van der Waals surface area contributed by atoms with E-state index in [4.69, 9.17) is 9.84 Å². The maximum atomic E-state index is 12.3. The van der Waals surface area contributed by atoms with Gasteiger partial charge in [-0.05, 0) is 37.3 Å². The number of nitrogens with one attached hydrogen (secondary N) is 1. The number of unbranched alkanes of at least 4 members (excludes halogenated alkanes) is 1. The van der Waals surface area contributed by atoms with Crippen LogP contribution in [-0.4, -0.2) is 30.2 Å². The van der Waals surface area contributed by atoms with Crippen molar-refractivity contribution < 1.29 is 19.4 Å². The van der Waals surface area contributed by atoms with Gasteiger partial charge in [-0.2, -0.15) is 0 Å². The Labute approximate surface area is 136 Å². The highest BCUT2D eigenvalue weighted by Crippen LogP contribution is 2.37. The van der Waals surface area contributed by atoms with Gasteiger partial charge in [0.05, 0.1) is 6.61 Å². The van der Waals surface area contributed by atoms with Crippen LogP contribution in [0, 0.1) is 0 Å². The van der Waals surface area contributed by atoms with Crippen LogP contribution in [0.4, 0.5) is 5.69 Å². The number of rotatable bonds is 8. The van der Waals surface area contributed by atoms with Crippen molar-refractivity contribution in [2.24, 2.45) is 0 Å². The second kappa shape index (κ2) is 8.36. The summed E-state index contributed by atoms with van der Waals surface area (Å²) in [5.74, 6) is -1.15. The van der Waals surface area contributed by atoms with Crippen LogP contribution in [0.1, 0.15) is 44.6 Å². The number of anilines is 1. The van der Waals surface area contributed by atoms with E-state index < -0.39 is 5.97 Å². The third-order valence-corrected chi connectivity index (χ3v) is 3.88. The van der Waals surface area contributed by atoms with Gasteiger partial charge in [-0.25, -0.2) is 4.79 Å². The third kappa shape index (κ3) is 4.58. The van der Waals surface area contributed by atoms with Crippen LogP contribution in [-0.2, 0) is 14.3 Å². The van der Waals surface area contributed by atoms with Gasteiger partial charge in [0.2, 0.25) is 0 Å². The molecule has 0 heterocycles. The molecule has 5 nitrogen and oxygen atoms in total. The van der Waals surface area contributed by atoms with Crippen molar-refractivity contribution >= 4 is 23.2 Å². The highest BCUT2D eigenvalue weighted by atomic mass is 16.5. The molecular formula is C18H23NO4. The topological polar surface area (TPSA) is 75.6 Å². The number of benzene rings is 1. The molecule has 1 aromatic rings. The number of ether oxygens (including phenoxy) is 1. The first-order valence-electron chi connectivity index (χ1n) is 8.07. The summed E-state index contributed by atoms with van der Waals surface area (Å²) in [6.07, 6.45) is 4.30. The SMILES string of the molecule is CCCCOC(=O)C1=C(c2ccccc2NCC(=O)O)CCC1. The van der Waals surface area contributed by atoms with Crippen LogP contribution >= 0.6 is 0 Å². The molecule has 0 radical (unpaired) electrons. The van der Waals surface area contributed by atoms with Gasteiger partial charge in [0, 0.05) is 16.8 Å². The number of aliphatic carboxylic acids is 1. The average molecular weight is 317 g/mol. The molecule has 0 spiro atoms. The molecule has 0 atom stereocenters. The van der Waals surface area contributed by atoms with Crippen molar-refractivity contribution in [3.8, 4) is 0 Å². The number of hydrogen-bond donors (Lipinski definition) is 2. The molecule has 1 aliphatic carbocycles. The van der Waals surface area contributed by atoms with Crippen molar-refractivity contribution in [1.29, 1.82) is 0 Å². The normalized spacial score (nSPS) is 14.0. The van der Waals surface area contributed by atoms with Gasteiger partial charge in [-0.1, -0.05) is 31.5 Å². The molecule has 0 amide bonds. The molecule has 0 saturated heterocycles. The van der Waals surface area contributed by atoms with Gasteiger partial charge in [0.25, 0.3) is 0 Å². The minimum atomic E-state index is -0.917. The number of para-hydroxylation sites is 1. The summed E-state index contributed by atoms with van der Waals surface area (Å²) in [6, 6.07) is 7.50. The number of carboxylic acids is 1. The van der Waals surface area contributed by atoms with Gasteiger partial charge in [0.1, 0.15) is 6.54 Å². The summed E-state index contributed by atoms with van der Waals surface area (Å²) in [5, 5.41) is 11.8. The van der Waals surface area contributed by atoms with E-state index in [0.29, 0.717) is 13.0 Å². The number of carbonyl (C=O) groups excluding carboxylic acids is 1. The first kappa shape index (κ1) is 17.1. The van der Waals surface area contributed by atoms with Crippen LogP contribution in [0.3, 0.4) is 0 Å². The molecule has 1 aromatic carbocycles. The van der Waals surface area contributed by atoms with Crippen molar-refractivity contribution in [1.82, 2.24) is 0 Å². The highest BCUT2D eigenvalue weighted by Gasteiger charge is 2.24. The Morgan fingerprint density at radius 3 is 2.78 bits per heavy atom. The number of carbonyl (C=O) groups is 2. The Kier molecular flexibility index (Phi) is 6.20. The van der Waals surface area contributed by atoms with E-state index >= 15 is 0 Å². The lowest BCUT2D eigenvalue weighted by molar-refractivity contribution is -0.139. The van der Waals surface area contributed by atoms with Gasteiger partial charge < -0.3 is 15.2 Å². The zero-order valence-corrected chi connectivity index (χ0v) is 13.4. The average Bonchev–Trinajstić information content (AvgIpc) is 3.02. The monoisotopic (exact) mass is 317 g/mol. The molecule has 0 fully saturated rings. The summed E-state index contributed by atoms with van der Waals surface area (Å²) < 4.78 is 5.34. The Bertz CT molecular complexity index is 607. The van der Waals surface area contributed by atoms with Gasteiger partial charge >= 0.3 is 11.9 Å². The molecule has 124 valence electrons. The van der Waals surface area contributed by atoms with E-state index in [2.05, 4.69) is 12.2 Å². The predicted octanol–water partition coefficient (Wildman–Crippen LogP) is 3.46. The lowest BCUT2D eigenvalue weighted by Gasteiger charge is -2.13. The lowest BCUT2D eigenvalue weighted by Crippen LogP contribution is -2.14. The largest absolute Gasteiger partial charge is 0.480 e. The zero-order valence-electron chi connectivity index (χ0n) is 13.4. The molecule has 0 bridgehead atoms. The summed E-state index contributed by atoms with van der Waals surface area (Å²) >= 11 is 0. The Balaban J connectivity index is 2.22. The molecule has 1 aliphatic rings. The van der Waals surface area contributed by atoms with Crippen molar-refractivity contribution in [2.45, 2.75) is 39.0 Å². The number of hydrogen-bond acceptors (Lipinski definition) is 4. The Hall–Kier alpha value is -2.30. The van der Waals surface area contributed by atoms with Crippen LogP contribution < -0.4 is 5.32 Å². The van der Waals surface area contributed by atoms with Crippen LogP contribution in [0.15, 0.2) is 29.8 Å². The van der Waals surface area contributed by atoms with E-state index in [1.54, 1.807) is 0 Å². The first-order chi connectivity index (χ1) is 11.1. The fourth-order valence-corrected chi connectivity index (χ4v) is 2.73. The van der Waals surface area contributed by atoms with Crippen molar-refractivity contribution in [3.63, 3.8) is 0 Å². The Morgan fingerprint density at radius 2 is 2.04 bits per heavy atom. The summed E-state index contributed by atoms with van der Waals surface area (Å²) in [4.78, 5) is 23.1. The van der Waals surface area contributed by atoms with Gasteiger partial charge in [0.15, 0.2) is 0 Å². The molecule has 2 rings (SSSR count). The molecule has 0 unspecified atom stereocenters. The van der Waals surface area contributed by atoms with Crippen LogP contribution in [0.25, 0.3) is 5.57 Å². The molecule has 23 heavy (non-hydrogen) atoms. The van der Waals surface area contributed by atoms with E-state index in [0.717, 1.165) is 48.1 Å². The Morgan fingerprint density at radius 1 is 1.26 bits per heavy atom. The van der Waals surface area contributed by atoms with Crippen molar-refractivity contribution in [3.05, 3.63) is 35.4 Å². The lowest BCUT2D eigenvalue weighted by atomic mass is 10.00. The van der Waals surface area contributed by atoms with Gasteiger partial charge in [-0.3, -0.25) is 4.79 Å². The standard InChI is InChI=1S/C18H23NO4/c1-2-3-11-23-18(22)15-9-6-8-13(15)14-7-4-5-10-16(14)19-12-17(20)21/h4-5,7,10,19H,2-3,6,8-9,11-12H2,1H3,(H,20,21). The van der Waals surface area contributed by atoms with E-state index in [9.17, 15) is 9.59 Å². The van der Waals surface area contributed by atoms with Gasteiger partial charge in [-0.15, -0.1) is 0 Å². The molecule has 0 aliphatic heterocycles. The fourth-order valence-electron chi connectivity index (χ4n) is 2.73. The van der Waals surface area contributed by atoms with Crippen LogP contribution in [0.5, 0.6) is 0 Å². The molecule has 2 N–H and O–H groups in total. The minimum absolute atomic E-state index is 0.152. The second-order valence-electron chi connectivity index (χ2n) is 5.59. The summed E-state index contributed by atoms with van der Waals surface area (Å²) in [5.41, 5.74) is 3.34. The maximum absolute atomic E-state index is 12.3. The number of allylic oxidation sites excluding steroid dienone is 1. The molecular weight excluding hydrogens is 294 g/mol. The zero-order chi connectivity index (χ0) is 16.7. The second-order valence-corrected chi connectivity index (χ2v) is 5.59. The van der Waals surface area contributed by atoms with Crippen molar-refractivity contribution in [2.75, 3.05) is 18.5 Å². The van der Waals surface area contributed by atoms with Crippen LogP contribution in [0.2, 0.25) is 0 Å².